The number of ether oxygens (including phenoxy) is 4. The van der Waals surface area contributed by atoms with Crippen molar-refractivity contribution in [3.63, 3.8) is 0 Å². The molecule has 0 fully saturated rings. The van der Waals surface area contributed by atoms with E-state index in [1.54, 1.807) is 62.8 Å². The second kappa shape index (κ2) is 13.4. The molecule has 0 radical (unpaired) electrons. The predicted octanol–water partition coefficient (Wildman–Crippen LogP) is 6.45. The van der Waals surface area contributed by atoms with Gasteiger partial charge in [0.15, 0.2) is 0 Å². The molecule has 1 atom stereocenters. The van der Waals surface area contributed by atoms with E-state index in [1.165, 1.54) is 26.0 Å². The summed E-state index contributed by atoms with van der Waals surface area (Å²) in [6.45, 7) is 0. The highest BCUT2D eigenvalue weighted by Crippen LogP contribution is 2.37. The van der Waals surface area contributed by atoms with Crippen LogP contribution in [0.1, 0.15) is 21.2 Å². The molecule has 1 unspecified atom stereocenters. The molecule has 206 valence electrons. The van der Waals surface area contributed by atoms with Crippen LogP contribution in [0, 0.1) is 0 Å². The lowest BCUT2D eigenvalue weighted by atomic mass is 10.1. The van der Waals surface area contributed by atoms with Gasteiger partial charge in [0.05, 0.1) is 28.4 Å². The third-order valence-electron chi connectivity index (χ3n) is 5.98. The van der Waals surface area contributed by atoms with E-state index in [0.717, 1.165) is 10.5 Å². The lowest BCUT2D eigenvalue weighted by Crippen LogP contribution is -2.19. The average Bonchev–Trinajstić information content (AvgIpc) is 3.00. The van der Waals surface area contributed by atoms with Crippen LogP contribution in [0.3, 0.4) is 0 Å². The third-order valence-corrected chi connectivity index (χ3v) is 7.25. The molecule has 0 aliphatic rings. The number of amides is 2. The molecule has 4 aromatic carbocycles. The van der Waals surface area contributed by atoms with Crippen LogP contribution in [0.2, 0.25) is 0 Å². The second-order valence-corrected chi connectivity index (χ2v) is 9.69. The fraction of sp³-hybridized carbons (Fsp3) is 0.161. The van der Waals surface area contributed by atoms with Crippen molar-refractivity contribution in [1.29, 1.82) is 0 Å². The van der Waals surface area contributed by atoms with E-state index >= 15 is 0 Å². The number of thioether (sulfide) groups is 1. The van der Waals surface area contributed by atoms with Crippen molar-refractivity contribution in [3.8, 4) is 23.0 Å². The smallest absolute Gasteiger partial charge is 0.263 e. The fourth-order valence-electron chi connectivity index (χ4n) is 4.01. The average molecular weight is 559 g/mol. The zero-order chi connectivity index (χ0) is 28.5. The normalized spacial score (nSPS) is 11.2. The zero-order valence-electron chi connectivity index (χ0n) is 22.6. The van der Waals surface area contributed by atoms with E-state index in [9.17, 15) is 9.59 Å². The summed E-state index contributed by atoms with van der Waals surface area (Å²) >= 11 is 1.40. The molecule has 0 heterocycles. The van der Waals surface area contributed by atoms with E-state index in [4.69, 9.17) is 18.9 Å². The van der Waals surface area contributed by atoms with E-state index in [-0.39, 0.29) is 11.8 Å². The summed E-state index contributed by atoms with van der Waals surface area (Å²) in [7, 11) is 6.12. The molecule has 0 aromatic heterocycles. The Bertz CT molecular complexity index is 1420. The van der Waals surface area contributed by atoms with Gasteiger partial charge in [-0.05, 0) is 42.0 Å². The summed E-state index contributed by atoms with van der Waals surface area (Å²) < 4.78 is 21.4. The van der Waals surface area contributed by atoms with Crippen molar-refractivity contribution in [2.45, 2.75) is 10.1 Å². The second-order valence-electron chi connectivity index (χ2n) is 8.52. The van der Waals surface area contributed by atoms with Crippen molar-refractivity contribution in [3.05, 3.63) is 102 Å². The first-order chi connectivity index (χ1) is 19.4. The summed E-state index contributed by atoms with van der Waals surface area (Å²) in [5.41, 5.74) is 2.31. The van der Waals surface area contributed by atoms with E-state index in [2.05, 4.69) is 10.6 Å². The van der Waals surface area contributed by atoms with Crippen LogP contribution in [0.5, 0.6) is 23.0 Å². The minimum atomic E-state index is -0.545. The van der Waals surface area contributed by atoms with Gasteiger partial charge in [0.25, 0.3) is 5.91 Å². The number of carbonyl (C=O) groups is 2. The fourth-order valence-corrected chi connectivity index (χ4v) is 5.03. The minimum absolute atomic E-state index is 0.202. The molecule has 2 N–H and O–H groups in total. The van der Waals surface area contributed by atoms with Gasteiger partial charge in [-0.15, -0.1) is 11.8 Å². The van der Waals surface area contributed by atoms with Gasteiger partial charge in [-0.2, -0.15) is 0 Å². The molecule has 0 saturated carbocycles. The topological polar surface area (TPSA) is 95.1 Å². The Morgan fingerprint density at radius 3 is 1.80 bits per heavy atom. The maximum atomic E-state index is 13.5. The number of methoxy groups -OCH3 is 4. The van der Waals surface area contributed by atoms with Crippen LogP contribution in [0.25, 0.3) is 0 Å². The van der Waals surface area contributed by atoms with Crippen molar-refractivity contribution in [1.82, 2.24) is 0 Å². The summed E-state index contributed by atoms with van der Waals surface area (Å²) in [4.78, 5) is 27.4. The van der Waals surface area contributed by atoms with Crippen molar-refractivity contribution in [2.75, 3.05) is 39.1 Å². The number of carbonyl (C=O) groups excluding carboxylic acids is 2. The Balaban J connectivity index is 1.53. The lowest BCUT2D eigenvalue weighted by Gasteiger charge is -2.18. The number of nitrogens with one attached hydrogen (secondary N) is 2. The van der Waals surface area contributed by atoms with Crippen molar-refractivity contribution < 1.29 is 28.5 Å². The van der Waals surface area contributed by atoms with Crippen molar-refractivity contribution >= 4 is 35.0 Å². The van der Waals surface area contributed by atoms with E-state index in [0.29, 0.717) is 39.9 Å². The summed E-state index contributed by atoms with van der Waals surface area (Å²) in [6.07, 6.45) is 0. The lowest BCUT2D eigenvalue weighted by molar-refractivity contribution is -0.115. The number of rotatable bonds is 11. The molecule has 4 rings (SSSR count). The van der Waals surface area contributed by atoms with Gasteiger partial charge in [-0.1, -0.05) is 36.4 Å². The van der Waals surface area contributed by atoms with E-state index in [1.807, 2.05) is 42.5 Å². The maximum Gasteiger partial charge on any atom is 0.263 e. The molecule has 0 aliphatic heterocycles. The van der Waals surface area contributed by atoms with Crippen LogP contribution in [-0.2, 0) is 4.79 Å². The summed E-state index contributed by atoms with van der Waals surface area (Å²) in [5.74, 6) is 1.41. The largest absolute Gasteiger partial charge is 0.497 e. The standard InChI is InChI=1S/C31H30N2O6S/c1-36-23-17-22(18-24(19-23)37-2)33-31(35)29(20-9-6-5-7-10-20)40-25-15-13-21(14-16-25)32-30(34)28-26(38-3)11-8-12-27(28)39-4/h5-19,29H,1-4H3,(H,32,34)(H,33,35). The predicted molar refractivity (Wildman–Crippen MR) is 157 cm³/mol. The maximum absolute atomic E-state index is 13.5. The Kier molecular flexibility index (Phi) is 9.53. The first-order valence-electron chi connectivity index (χ1n) is 12.3. The number of hydrogen-bond donors (Lipinski definition) is 2. The molecule has 8 nitrogen and oxygen atoms in total. The Morgan fingerprint density at radius 1 is 0.650 bits per heavy atom. The highest BCUT2D eigenvalue weighted by Gasteiger charge is 2.23. The third kappa shape index (κ3) is 6.86. The molecule has 0 aliphatic carbocycles. The summed E-state index contributed by atoms with van der Waals surface area (Å²) in [6, 6.07) is 27.2. The SMILES string of the molecule is COc1cc(NC(=O)C(Sc2ccc(NC(=O)c3c(OC)cccc3OC)cc2)c2ccccc2)cc(OC)c1. The first-order valence-corrected chi connectivity index (χ1v) is 13.2. The Morgan fingerprint density at radius 2 is 1.25 bits per heavy atom. The number of anilines is 2. The number of hydrogen-bond acceptors (Lipinski definition) is 7. The number of benzene rings is 4. The van der Waals surface area contributed by atoms with Gasteiger partial charge in [0.2, 0.25) is 5.91 Å². The van der Waals surface area contributed by atoms with Crippen LogP contribution < -0.4 is 29.6 Å². The van der Waals surface area contributed by atoms with Crippen LogP contribution in [0.4, 0.5) is 11.4 Å². The van der Waals surface area contributed by atoms with Crippen LogP contribution >= 0.6 is 11.8 Å². The molecule has 0 saturated heterocycles. The Labute approximate surface area is 237 Å². The molecule has 4 aromatic rings. The highest BCUT2D eigenvalue weighted by molar-refractivity contribution is 8.00. The van der Waals surface area contributed by atoms with E-state index < -0.39 is 5.25 Å². The highest BCUT2D eigenvalue weighted by atomic mass is 32.2. The molecular weight excluding hydrogens is 528 g/mol. The molecule has 0 bridgehead atoms. The first kappa shape index (κ1) is 28.4. The van der Waals surface area contributed by atoms with Gasteiger partial charge < -0.3 is 29.6 Å². The Hall–Kier alpha value is -4.63. The molecule has 40 heavy (non-hydrogen) atoms. The van der Waals surface area contributed by atoms with Gasteiger partial charge in [-0.25, -0.2) is 0 Å². The van der Waals surface area contributed by atoms with Gasteiger partial charge in [0, 0.05) is 34.5 Å². The quantitative estimate of drug-likeness (QED) is 0.204. The molecule has 2 amide bonds. The van der Waals surface area contributed by atoms with Crippen LogP contribution in [-0.4, -0.2) is 40.3 Å². The van der Waals surface area contributed by atoms with Gasteiger partial charge >= 0.3 is 0 Å². The summed E-state index contributed by atoms with van der Waals surface area (Å²) in [5, 5.41) is 5.33. The van der Waals surface area contributed by atoms with Gasteiger partial charge in [0.1, 0.15) is 33.8 Å². The van der Waals surface area contributed by atoms with Crippen molar-refractivity contribution in [2.24, 2.45) is 0 Å². The zero-order valence-corrected chi connectivity index (χ0v) is 23.4. The van der Waals surface area contributed by atoms with Gasteiger partial charge in [-0.3, -0.25) is 9.59 Å². The molecular formula is C31H30N2O6S. The van der Waals surface area contributed by atoms with Crippen LogP contribution in [0.15, 0.2) is 95.9 Å². The molecule has 9 heteroatoms. The molecule has 0 spiro atoms. The minimum Gasteiger partial charge on any atom is -0.497 e. The monoisotopic (exact) mass is 558 g/mol.